The smallest absolute Gasteiger partial charge is 0.333 e. The summed E-state index contributed by atoms with van der Waals surface area (Å²) in [7, 11) is -1.00. The molecule has 0 aliphatic rings. The first-order valence-electron chi connectivity index (χ1n) is 6.03. The van der Waals surface area contributed by atoms with Gasteiger partial charge in [0.1, 0.15) is 19.4 Å². The van der Waals surface area contributed by atoms with Gasteiger partial charge in [0.2, 0.25) is 8.03 Å². The molecule has 20 heavy (non-hydrogen) atoms. The van der Waals surface area contributed by atoms with Crippen LogP contribution >= 0.6 is 8.03 Å². The van der Waals surface area contributed by atoms with Crippen LogP contribution in [0.4, 0.5) is 0 Å². The number of hydrogen-bond donors (Lipinski definition) is 0. The van der Waals surface area contributed by atoms with Crippen LogP contribution in [0.25, 0.3) is 0 Å². The standard InChI is InChI=1S/C12H21O7P/c1-9(2)12(14)18-6-5-17-11(13)8-20(15)19-10(3)7-16-4/h10,20H,1,5-8H2,2-4H3. The highest BCUT2D eigenvalue weighted by atomic mass is 31.1. The second-order valence-corrected chi connectivity index (χ2v) is 5.40. The van der Waals surface area contributed by atoms with Gasteiger partial charge in [-0.2, -0.15) is 0 Å². The van der Waals surface area contributed by atoms with Crippen LogP contribution in [0.15, 0.2) is 12.2 Å². The number of carbonyl (C=O) groups is 2. The zero-order chi connectivity index (χ0) is 15.5. The Morgan fingerprint density at radius 1 is 1.25 bits per heavy atom. The van der Waals surface area contributed by atoms with Crippen molar-refractivity contribution in [3.05, 3.63) is 12.2 Å². The van der Waals surface area contributed by atoms with E-state index >= 15 is 0 Å². The SMILES string of the molecule is C=C(C)C(=O)OCCOC(=O)C[PH](=O)OC(C)COC. The Balaban J connectivity index is 3.75. The third-order valence-electron chi connectivity index (χ3n) is 1.95. The van der Waals surface area contributed by atoms with Gasteiger partial charge in [-0.1, -0.05) is 6.58 Å². The molecule has 7 nitrogen and oxygen atoms in total. The molecule has 0 fully saturated rings. The van der Waals surface area contributed by atoms with Crippen LogP contribution < -0.4 is 0 Å². The minimum atomic E-state index is -2.50. The minimum Gasteiger partial charge on any atom is -0.462 e. The van der Waals surface area contributed by atoms with Crippen LogP contribution in [0.3, 0.4) is 0 Å². The van der Waals surface area contributed by atoms with Crippen molar-refractivity contribution < 1.29 is 32.9 Å². The maximum atomic E-state index is 11.5. The fraction of sp³-hybridized carbons (Fsp3) is 0.667. The van der Waals surface area contributed by atoms with E-state index in [0.717, 1.165) is 0 Å². The van der Waals surface area contributed by atoms with Crippen LogP contribution in [0.5, 0.6) is 0 Å². The van der Waals surface area contributed by atoms with E-state index in [0.29, 0.717) is 6.61 Å². The van der Waals surface area contributed by atoms with Crippen molar-refractivity contribution in [3.8, 4) is 0 Å². The number of rotatable bonds is 10. The normalized spacial score (nSPS) is 13.3. The molecule has 0 aromatic heterocycles. The Hall–Kier alpha value is -1.17. The molecule has 0 heterocycles. The lowest BCUT2D eigenvalue weighted by atomic mass is 10.4. The Morgan fingerprint density at radius 2 is 1.85 bits per heavy atom. The zero-order valence-corrected chi connectivity index (χ0v) is 13.0. The van der Waals surface area contributed by atoms with E-state index in [2.05, 4.69) is 6.58 Å². The van der Waals surface area contributed by atoms with E-state index in [1.807, 2.05) is 0 Å². The van der Waals surface area contributed by atoms with Crippen LogP contribution in [0, 0.1) is 0 Å². The molecule has 0 radical (unpaired) electrons. The highest BCUT2D eigenvalue weighted by Crippen LogP contribution is 2.24. The molecule has 2 atom stereocenters. The Bertz CT molecular complexity index is 367. The lowest BCUT2D eigenvalue weighted by Crippen LogP contribution is -2.16. The predicted octanol–water partition coefficient (Wildman–Crippen LogP) is 1.18. The van der Waals surface area contributed by atoms with Crippen molar-refractivity contribution in [3.63, 3.8) is 0 Å². The summed E-state index contributed by atoms with van der Waals surface area (Å²) < 4.78 is 30.8. The average molecular weight is 308 g/mol. The second-order valence-electron chi connectivity index (χ2n) is 4.07. The zero-order valence-electron chi connectivity index (χ0n) is 12.0. The molecule has 0 rings (SSSR count). The summed E-state index contributed by atoms with van der Waals surface area (Å²) in [6.07, 6.45) is -0.664. The topological polar surface area (TPSA) is 88.1 Å². The minimum absolute atomic E-state index is 0.0701. The molecule has 0 bridgehead atoms. The number of esters is 2. The van der Waals surface area contributed by atoms with Gasteiger partial charge in [0.25, 0.3) is 0 Å². The number of ether oxygens (including phenoxy) is 3. The first kappa shape index (κ1) is 18.8. The predicted molar refractivity (Wildman–Crippen MR) is 73.0 cm³/mol. The van der Waals surface area contributed by atoms with Gasteiger partial charge in [-0.05, 0) is 13.8 Å². The molecule has 8 heteroatoms. The summed E-state index contributed by atoms with van der Waals surface area (Å²) in [6.45, 7) is 6.73. The van der Waals surface area contributed by atoms with Gasteiger partial charge >= 0.3 is 11.9 Å². The fourth-order valence-corrected chi connectivity index (χ4v) is 2.05. The monoisotopic (exact) mass is 308 g/mol. The van der Waals surface area contributed by atoms with E-state index in [-0.39, 0.29) is 31.1 Å². The highest BCUT2D eigenvalue weighted by Gasteiger charge is 2.13. The third-order valence-corrected chi connectivity index (χ3v) is 3.19. The maximum Gasteiger partial charge on any atom is 0.333 e. The lowest BCUT2D eigenvalue weighted by molar-refractivity contribution is -0.148. The van der Waals surface area contributed by atoms with Gasteiger partial charge in [0.05, 0.1) is 12.7 Å². The van der Waals surface area contributed by atoms with Crippen molar-refractivity contribution in [2.24, 2.45) is 0 Å². The summed E-state index contributed by atoms with van der Waals surface area (Å²) in [5.41, 5.74) is 0.266. The number of hydrogen-bond acceptors (Lipinski definition) is 7. The molecule has 116 valence electrons. The molecule has 2 unspecified atom stereocenters. The number of carbonyl (C=O) groups excluding carboxylic acids is 2. The fourth-order valence-electron chi connectivity index (χ4n) is 1.12. The van der Waals surface area contributed by atoms with Crippen LogP contribution in [0.2, 0.25) is 0 Å². The van der Waals surface area contributed by atoms with E-state index in [1.165, 1.54) is 14.0 Å². The summed E-state index contributed by atoms with van der Waals surface area (Å²) >= 11 is 0. The van der Waals surface area contributed by atoms with Gasteiger partial charge in [0, 0.05) is 12.7 Å². The summed E-state index contributed by atoms with van der Waals surface area (Å²) in [6, 6.07) is 0. The molecule has 0 saturated heterocycles. The van der Waals surface area contributed by atoms with E-state index in [4.69, 9.17) is 18.7 Å². The highest BCUT2D eigenvalue weighted by molar-refractivity contribution is 7.40. The molecular formula is C12H21O7P. The molecule has 0 spiro atoms. The van der Waals surface area contributed by atoms with Crippen molar-refractivity contribution >= 4 is 20.0 Å². The Morgan fingerprint density at radius 3 is 2.40 bits per heavy atom. The largest absolute Gasteiger partial charge is 0.462 e. The van der Waals surface area contributed by atoms with Gasteiger partial charge in [-0.15, -0.1) is 0 Å². The van der Waals surface area contributed by atoms with Crippen molar-refractivity contribution in [2.45, 2.75) is 20.0 Å². The van der Waals surface area contributed by atoms with Crippen molar-refractivity contribution in [1.29, 1.82) is 0 Å². The second kappa shape index (κ2) is 10.6. The Kier molecular flexibility index (Phi) is 9.98. The van der Waals surface area contributed by atoms with Crippen molar-refractivity contribution in [1.82, 2.24) is 0 Å². The van der Waals surface area contributed by atoms with Gasteiger partial charge < -0.3 is 18.7 Å². The number of methoxy groups -OCH3 is 1. The summed E-state index contributed by atoms with van der Waals surface area (Å²) in [4.78, 5) is 22.3. The first-order chi connectivity index (χ1) is 9.36. The van der Waals surface area contributed by atoms with Crippen LogP contribution in [0.1, 0.15) is 13.8 Å². The molecule has 0 amide bonds. The van der Waals surface area contributed by atoms with Gasteiger partial charge in [-0.25, -0.2) is 4.79 Å². The maximum absolute atomic E-state index is 11.5. The molecular weight excluding hydrogens is 287 g/mol. The van der Waals surface area contributed by atoms with Gasteiger partial charge in [0.15, 0.2) is 0 Å². The van der Waals surface area contributed by atoms with Crippen molar-refractivity contribution in [2.75, 3.05) is 33.1 Å². The first-order valence-corrected chi connectivity index (χ1v) is 7.55. The van der Waals surface area contributed by atoms with Crippen LogP contribution in [-0.2, 0) is 32.9 Å². The van der Waals surface area contributed by atoms with E-state index in [9.17, 15) is 14.2 Å². The summed E-state index contributed by atoms with van der Waals surface area (Å²) in [5, 5.41) is 0. The summed E-state index contributed by atoms with van der Waals surface area (Å²) in [5.74, 6) is -1.21. The van der Waals surface area contributed by atoms with E-state index < -0.39 is 20.0 Å². The van der Waals surface area contributed by atoms with Crippen LogP contribution in [-0.4, -0.2) is 51.1 Å². The average Bonchev–Trinajstić information content (AvgIpc) is 2.33. The quantitative estimate of drug-likeness (QED) is 0.259. The molecule has 0 N–H and O–H groups in total. The lowest BCUT2D eigenvalue weighted by Gasteiger charge is -2.11. The molecule has 0 aromatic carbocycles. The van der Waals surface area contributed by atoms with E-state index in [1.54, 1.807) is 6.92 Å². The third kappa shape index (κ3) is 9.72. The molecule has 0 saturated carbocycles. The molecule has 0 aromatic rings. The molecule has 0 aliphatic heterocycles. The molecule has 0 aliphatic carbocycles. The van der Waals surface area contributed by atoms with Gasteiger partial charge in [-0.3, -0.25) is 9.36 Å². The Labute approximate surface area is 119 Å².